The summed E-state index contributed by atoms with van der Waals surface area (Å²) in [4.78, 5) is 0. The molecule has 1 nitrogen and oxygen atoms in total. The van der Waals surface area contributed by atoms with Crippen LogP contribution in [0.25, 0.3) is 0 Å². The van der Waals surface area contributed by atoms with Gasteiger partial charge in [-0.15, -0.1) is 0 Å². The van der Waals surface area contributed by atoms with Gasteiger partial charge in [-0.25, -0.2) is 4.39 Å². The molecule has 0 heterocycles. The lowest BCUT2D eigenvalue weighted by Gasteiger charge is -2.60. The van der Waals surface area contributed by atoms with Gasteiger partial charge in [0.15, 0.2) is 0 Å². The Labute approximate surface area is 128 Å². The molecule has 0 aromatic heterocycles. The SMILES string of the molecule is C[C@]12CC[C@@H](F)C[C@H]1CC[C@@H]1[C@@H]2CC[C@]2(C)[C@@H](O)CC[C@@H]12. The standard InChI is InChI=1S/C19H31FO/c1-18-9-7-13(20)11-12(18)3-4-14-15-5-6-17(21)19(15,2)10-8-16(14)18/h12-17,21H,3-11H2,1-2H3/t12-,13-,14+,15+,16+,17+,18+,19+/m1/s1. The number of alkyl halides is 1. The van der Waals surface area contributed by atoms with Gasteiger partial charge in [-0.05, 0) is 92.3 Å². The third-order valence-corrected chi connectivity index (χ3v) is 8.55. The van der Waals surface area contributed by atoms with E-state index >= 15 is 0 Å². The van der Waals surface area contributed by atoms with E-state index < -0.39 is 6.17 Å². The fourth-order valence-corrected chi connectivity index (χ4v) is 7.18. The second kappa shape index (κ2) is 4.69. The lowest BCUT2D eigenvalue weighted by atomic mass is 9.45. The van der Waals surface area contributed by atoms with E-state index in [0.29, 0.717) is 11.3 Å². The van der Waals surface area contributed by atoms with Gasteiger partial charge in [-0.2, -0.15) is 0 Å². The molecule has 0 amide bonds. The highest BCUT2D eigenvalue weighted by atomic mass is 19.1. The lowest BCUT2D eigenvalue weighted by molar-refractivity contribution is -0.128. The number of fused-ring (bicyclic) bond motifs is 5. The molecule has 4 saturated carbocycles. The van der Waals surface area contributed by atoms with Gasteiger partial charge < -0.3 is 5.11 Å². The highest BCUT2D eigenvalue weighted by Gasteiger charge is 2.60. The molecule has 4 aliphatic carbocycles. The molecule has 4 fully saturated rings. The summed E-state index contributed by atoms with van der Waals surface area (Å²) in [5.74, 6) is 2.95. The van der Waals surface area contributed by atoms with Gasteiger partial charge in [-0.1, -0.05) is 13.8 Å². The Balaban J connectivity index is 1.62. The van der Waals surface area contributed by atoms with Crippen molar-refractivity contribution in [3.63, 3.8) is 0 Å². The molecule has 0 aromatic carbocycles. The second-order valence-corrected chi connectivity index (χ2v) is 9.17. The number of aliphatic hydroxyl groups is 1. The van der Waals surface area contributed by atoms with Gasteiger partial charge in [0.2, 0.25) is 0 Å². The summed E-state index contributed by atoms with van der Waals surface area (Å²) in [6.07, 6.45) is 9.35. The normalized spacial score (nSPS) is 60.0. The van der Waals surface area contributed by atoms with Crippen molar-refractivity contribution >= 4 is 0 Å². The van der Waals surface area contributed by atoms with E-state index in [-0.39, 0.29) is 11.5 Å². The van der Waals surface area contributed by atoms with Crippen molar-refractivity contribution in [2.24, 2.45) is 34.5 Å². The molecule has 0 saturated heterocycles. The quantitative estimate of drug-likeness (QED) is 0.685. The summed E-state index contributed by atoms with van der Waals surface area (Å²) in [6, 6.07) is 0. The fourth-order valence-electron chi connectivity index (χ4n) is 7.18. The zero-order chi connectivity index (χ0) is 14.8. The summed E-state index contributed by atoms with van der Waals surface area (Å²) in [6.45, 7) is 4.83. The molecule has 120 valence electrons. The van der Waals surface area contributed by atoms with Gasteiger partial charge in [-0.3, -0.25) is 0 Å². The molecule has 4 rings (SSSR count). The van der Waals surface area contributed by atoms with Crippen LogP contribution in [0.2, 0.25) is 0 Å². The summed E-state index contributed by atoms with van der Waals surface area (Å²) < 4.78 is 13.8. The maximum atomic E-state index is 13.8. The molecule has 2 heteroatoms. The van der Waals surface area contributed by atoms with Crippen molar-refractivity contribution in [1.29, 1.82) is 0 Å². The summed E-state index contributed by atoms with van der Waals surface area (Å²) in [5, 5.41) is 10.5. The Morgan fingerprint density at radius 2 is 1.57 bits per heavy atom. The Kier molecular flexibility index (Phi) is 3.24. The van der Waals surface area contributed by atoms with Crippen LogP contribution in [0.15, 0.2) is 0 Å². The highest BCUT2D eigenvalue weighted by Crippen LogP contribution is 2.66. The molecule has 8 atom stereocenters. The lowest BCUT2D eigenvalue weighted by Crippen LogP contribution is -2.54. The number of aliphatic hydroxyl groups excluding tert-OH is 1. The minimum Gasteiger partial charge on any atom is -0.393 e. The molecule has 0 bridgehead atoms. The second-order valence-electron chi connectivity index (χ2n) is 9.17. The average Bonchev–Trinajstić information content (AvgIpc) is 2.76. The van der Waals surface area contributed by atoms with Crippen molar-refractivity contribution in [3.8, 4) is 0 Å². The Morgan fingerprint density at radius 3 is 2.38 bits per heavy atom. The topological polar surface area (TPSA) is 20.2 Å². The molecule has 0 aliphatic heterocycles. The first kappa shape index (κ1) is 14.5. The van der Waals surface area contributed by atoms with Crippen molar-refractivity contribution in [3.05, 3.63) is 0 Å². The van der Waals surface area contributed by atoms with E-state index in [1.165, 1.54) is 32.1 Å². The first-order valence-electron chi connectivity index (χ1n) is 9.27. The molecule has 0 spiro atoms. The molecule has 0 radical (unpaired) electrons. The molecule has 1 N–H and O–H groups in total. The van der Waals surface area contributed by atoms with Gasteiger partial charge in [0.05, 0.1) is 6.10 Å². The third kappa shape index (κ3) is 1.90. The van der Waals surface area contributed by atoms with E-state index in [4.69, 9.17) is 0 Å². The monoisotopic (exact) mass is 294 g/mol. The predicted molar refractivity (Wildman–Crippen MR) is 82.6 cm³/mol. The van der Waals surface area contributed by atoms with Gasteiger partial charge in [0.25, 0.3) is 0 Å². The summed E-state index contributed by atoms with van der Waals surface area (Å²) >= 11 is 0. The van der Waals surface area contributed by atoms with Crippen molar-refractivity contribution < 1.29 is 9.50 Å². The third-order valence-electron chi connectivity index (χ3n) is 8.55. The average molecular weight is 294 g/mol. The predicted octanol–water partition coefficient (Wildman–Crippen LogP) is 4.73. The largest absolute Gasteiger partial charge is 0.393 e. The van der Waals surface area contributed by atoms with E-state index in [2.05, 4.69) is 13.8 Å². The molecule has 0 aromatic rings. The van der Waals surface area contributed by atoms with Crippen LogP contribution in [-0.2, 0) is 0 Å². The maximum Gasteiger partial charge on any atom is 0.100 e. The minimum atomic E-state index is -0.540. The Bertz CT molecular complexity index is 424. The van der Waals surface area contributed by atoms with E-state index in [1.807, 2.05) is 0 Å². The van der Waals surface area contributed by atoms with Gasteiger partial charge >= 0.3 is 0 Å². The zero-order valence-corrected chi connectivity index (χ0v) is 13.7. The van der Waals surface area contributed by atoms with Crippen LogP contribution in [0.1, 0.15) is 71.6 Å². The Morgan fingerprint density at radius 1 is 0.857 bits per heavy atom. The fraction of sp³-hybridized carbons (Fsp3) is 1.00. The first-order chi connectivity index (χ1) is 9.95. The minimum absolute atomic E-state index is 0.0736. The van der Waals surface area contributed by atoms with Crippen molar-refractivity contribution in [2.75, 3.05) is 0 Å². The number of rotatable bonds is 0. The van der Waals surface area contributed by atoms with Crippen LogP contribution < -0.4 is 0 Å². The Hall–Kier alpha value is -0.110. The first-order valence-corrected chi connectivity index (χ1v) is 9.27. The van der Waals surface area contributed by atoms with E-state index in [9.17, 15) is 9.50 Å². The van der Waals surface area contributed by atoms with Crippen LogP contribution in [0.5, 0.6) is 0 Å². The van der Waals surface area contributed by atoms with Crippen LogP contribution in [-0.4, -0.2) is 17.4 Å². The van der Waals surface area contributed by atoms with Crippen molar-refractivity contribution in [2.45, 2.75) is 83.9 Å². The van der Waals surface area contributed by atoms with Crippen LogP contribution >= 0.6 is 0 Å². The van der Waals surface area contributed by atoms with Crippen LogP contribution in [0.3, 0.4) is 0 Å². The maximum absolute atomic E-state index is 13.8. The number of hydrogen-bond acceptors (Lipinski definition) is 1. The summed E-state index contributed by atoms with van der Waals surface area (Å²) in [7, 11) is 0. The smallest absolute Gasteiger partial charge is 0.100 e. The van der Waals surface area contributed by atoms with Crippen LogP contribution in [0.4, 0.5) is 4.39 Å². The molecule has 21 heavy (non-hydrogen) atoms. The van der Waals surface area contributed by atoms with Gasteiger partial charge in [0, 0.05) is 0 Å². The van der Waals surface area contributed by atoms with Crippen molar-refractivity contribution in [1.82, 2.24) is 0 Å². The highest BCUT2D eigenvalue weighted by molar-refractivity contribution is 5.09. The van der Waals surface area contributed by atoms with Crippen LogP contribution in [0, 0.1) is 34.5 Å². The zero-order valence-electron chi connectivity index (χ0n) is 13.7. The van der Waals surface area contributed by atoms with Gasteiger partial charge in [0.1, 0.15) is 6.17 Å². The molecule has 0 unspecified atom stereocenters. The molecular formula is C19H31FO. The summed E-state index contributed by atoms with van der Waals surface area (Å²) in [5.41, 5.74) is 0.571. The molecule has 4 aliphatic rings. The number of halogens is 1. The van der Waals surface area contributed by atoms with E-state index in [0.717, 1.165) is 43.4 Å². The molecular weight excluding hydrogens is 263 g/mol. The van der Waals surface area contributed by atoms with E-state index in [1.54, 1.807) is 0 Å². The number of hydrogen-bond donors (Lipinski definition) is 1.